The van der Waals surface area contributed by atoms with Crippen LogP contribution in [0, 0.1) is 0 Å². The molecule has 0 atom stereocenters. The summed E-state index contributed by atoms with van der Waals surface area (Å²) in [5.74, 6) is 0. The predicted octanol–water partition coefficient (Wildman–Crippen LogP) is 1.74. The quantitative estimate of drug-likeness (QED) is 0.675. The van der Waals surface area contributed by atoms with Crippen molar-refractivity contribution < 1.29 is 29.3 Å². The van der Waals surface area contributed by atoms with E-state index in [0.717, 1.165) is 13.2 Å². The Balaban J connectivity index is 0.000000162. The molecule has 0 aromatic heterocycles. The van der Waals surface area contributed by atoms with Gasteiger partial charge in [0.1, 0.15) is 6.79 Å². The number of hydrogen-bond donors (Lipinski definition) is 0. The average Bonchev–Trinajstić information content (AvgIpc) is 2.07. The summed E-state index contributed by atoms with van der Waals surface area (Å²) in [6.07, 6.45) is 0. The van der Waals surface area contributed by atoms with Crippen LogP contribution in [0.4, 0.5) is 0 Å². The maximum atomic E-state index is 4.72. The van der Waals surface area contributed by atoms with Gasteiger partial charge in [-0.25, -0.2) is 0 Å². The van der Waals surface area contributed by atoms with E-state index in [0.29, 0.717) is 10.6 Å². The van der Waals surface area contributed by atoms with Gasteiger partial charge in [0.15, 0.2) is 0 Å². The first-order chi connectivity index (χ1) is 4.50. The molecule has 1 heterocycles. The topological polar surface area (TPSA) is 18.5 Å². The molecule has 65 valence electrons. The minimum absolute atomic E-state index is 0.472. The minimum atomic E-state index is 0.472. The molecule has 1 aliphatic rings. The summed E-state index contributed by atoms with van der Waals surface area (Å²) in [6, 6.07) is 0. The van der Waals surface area contributed by atoms with Gasteiger partial charge in [-0.05, 0) is 0 Å². The molecule has 0 aromatic rings. The molecule has 0 radical (unpaired) electrons. The molecule has 0 aliphatic carbocycles. The van der Waals surface area contributed by atoms with Crippen molar-refractivity contribution in [1.82, 2.24) is 0 Å². The van der Waals surface area contributed by atoms with Gasteiger partial charge in [0.25, 0.3) is 0 Å². The van der Waals surface area contributed by atoms with Crippen molar-refractivity contribution in [2.75, 3.05) is 20.0 Å². The molecule has 0 bridgehead atoms. The SMILES string of the molecule is C1COCO1.C[C](C)(C)[Pt]. The van der Waals surface area contributed by atoms with Crippen LogP contribution >= 0.6 is 0 Å². The monoisotopic (exact) mass is 326 g/mol. The van der Waals surface area contributed by atoms with Gasteiger partial charge in [0.2, 0.25) is 0 Å². The van der Waals surface area contributed by atoms with Crippen molar-refractivity contribution in [2.45, 2.75) is 24.6 Å². The zero-order valence-electron chi connectivity index (χ0n) is 6.75. The van der Waals surface area contributed by atoms with Gasteiger partial charge in [0, 0.05) is 0 Å². The van der Waals surface area contributed by atoms with Crippen LogP contribution in [-0.2, 0) is 29.3 Å². The Labute approximate surface area is 74.2 Å². The first-order valence-corrected chi connectivity index (χ1v) is 4.45. The fourth-order valence-corrected chi connectivity index (χ4v) is 0.295. The summed E-state index contributed by atoms with van der Waals surface area (Å²) in [4.78, 5) is 0. The second-order valence-electron chi connectivity index (χ2n) is 2.91. The molecule has 0 unspecified atom stereocenters. The molecule has 1 rings (SSSR count). The molecule has 2 nitrogen and oxygen atoms in total. The normalized spacial score (nSPS) is 18.1. The van der Waals surface area contributed by atoms with Crippen LogP contribution in [0.3, 0.4) is 0 Å². The molecule has 1 aliphatic heterocycles. The van der Waals surface area contributed by atoms with E-state index in [9.17, 15) is 0 Å². The molecular weight excluding hydrogens is 311 g/mol. The van der Waals surface area contributed by atoms with Crippen molar-refractivity contribution in [3.05, 3.63) is 0 Å². The van der Waals surface area contributed by atoms with E-state index in [1.807, 2.05) is 0 Å². The Morgan fingerprint density at radius 3 is 1.50 bits per heavy atom. The Morgan fingerprint density at radius 2 is 1.40 bits per heavy atom. The summed E-state index contributed by atoms with van der Waals surface area (Å²) >= 11 is 2.36. The fraction of sp³-hybridized carbons (Fsp3) is 1.00. The van der Waals surface area contributed by atoms with Gasteiger partial charge in [-0.3, -0.25) is 0 Å². The predicted molar refractivity (Wildman–Crippen MR) is 36.5 cm³/mol. The third-order valence-corrected chi connectivity index (χ3v) is 0.539. The molecule has 1 saturated heterocycles. The first-order valence-electron chi connectivity index (χ1n) is 3.31. The summed E-state index contributed by atoms with van der Waals surface area (Å²) in [6.45, 7) is 8.58. The van der Waals surface area contributed by atoms with E-state index in [1.165, 1.54) is 0 Å². The van der Waals surface area contributed by atoms with E-state index in [-0.39, 0.29) is 0 Å². The summed E-state index contributed by atoms with van der Waals surface area (Å²) in [5, 5.41) is 0. The van der Waals surface area contributed by atoms with E-state index >= 15 is 0 Å². The van der Waals surface area contributed by atoms with Crippen LogP contribution in [-0.4, -0.2) is 20.0 Å². The van der Waals surface area contributed by atoms with Gasteiger partial charge in [-0.2, -0.15) is 0 Å². The molecule has 0 aromatic carbocycles. The van der Waals surface area contributed by atoms with Crippen LogP contribution in [0.1, 0.15) is 20.8 Å². The van der Waals surface area contributed by atoms with Crippen LogP contribution in [0.15, 0.2) is 0 Å². The van der Waals surface area contributed by atoms with Gasteiger partial charge < -0.3 is 9.47 Å². The van der Waals surface area contributed by atoms with E-state index in [1.54, 1.807) is 0 Å². The molecular formula is C7H15O2Pt. The Bertz CT molecular complexity index is 60.6. The van der Waals surface area contributed by atoms with Crippen LogP contribution in [0.25, 0.3) is 0 Å². The molecule has 3 heteroatoms. The molecule has 0 amide bonds. The summed E-state index contributed by atoms with van der Waals surface area (Å²) in [5.41, 5.74) is 0. The van der Waals surface area contributed by atoms with E-state index < -0.39 is 0 Å². The second kappa shape index (κ2) is 5.28. The third-order valence-electron chi connectivity index (χ3n) is 0.539. The fourth-order valence-electron chi connectivity index (χ4n) is 0.295. The zero-order chi connectivity index (χ0) is 8.04. The van der Waals surface area contributed by atoms with Crippen molar-refractivity contribution >= 4 is 0 Å². The van der Waals surface area contributed by atoms with Crippen molar-refractivity contribution in [3.8, 4) is 0 Å². The summed E-state index contributed by atoms with van der Waals surface area (Å²) < 4.78 is 9.92. The molecule has 0 saturated carbocycles. The van der Waals surface area contributed by atoms with Crippen LogP contribution in [0.5, 0.6) is 0 Å². The van der Waals surface area contributed by atoms with E-state index in [4.69, 9.17) is 9.47 Å². The Kier molecular flexibility index (Phi) is 5.61. The standard InChI is InChI=1S/C4H9.C3H6O2.Pt/c1-4(2)3;1-2-5-3-4-1;/h1-3H3;1-3H2;. The van der Waals surface area contributed by atoms with Crippen molar-refractivity contribution in [1.29, 1.82) is 0 Å². The number of hydrogen-bond acceptors (Lipinski definition) is 2. The third kappa shape index (κ3) is 15.8. The van der Waals surface area contributed by atoms with Crippen molar-refractivity contribution in [2.24, 2.45) is 0 Å². The zero-order valence-corrected chi connectivity index (χ0v) is 9.03. The van der Waals surface area contributed by atoms with E-state index in [2.05, 4.69) is 40.6 Å². The average molecular weight is 326 g/mol. The molecule has 0 N–H and O–H groups in total. The van der Waals surface area contributed by atoms with Crippen LogP contribution in [0.2, 0.25) is 3.80 Å². The maximum absolute atomic E-state index is 4.72. The Morgan fingerprint density at radius 1 is 1.10 bits per heavy atom. The molecule has 0 spiro atoms. The molecule has 1 fully saturated rings. The van der Waals surface area contributed by atoms with Crippen LogP contribution < -0.4 is 0 Å². The van der Waals surface area contributed by atoms with Crippen molar-refractivity contribution in [3.63, 3.8) is 0 Å². The number of ether oxygens (including phenoxy) is 2. The molecule has 10 heavy (non-hydrogen) atoms. The Hall–Kier alpha value is 0.608. The second-order valence-corrected chi connectivity index (χ2v) is 6.32. The van der Waals surface area contributed by atoms with Gasteiger partial charge in [0.05, 0.1) is 13.2 Å². The first kappa shape index (κ1) is 10.6. The van der Waals surface area contributed by atoms with Gasteiger partial charge >= 0.3 is 44.4 Å². The van der Waals surface area contributed by atoms with Gasteiger partial charge in [-0.15, -0.1) is 0 Å². The number of rotatable bonds is 0. The van der Waals surface area contributed by atoms with Gasteiger partial charge in [-0.1, -0.05) is 0 Å². The summed E-state index contributed by atoms with van der Waals surface area (Å²) in [7, 11) is 0.